The Morgan fingerprint density at radius 2 is 1.79 bits per heavy atom. The number of phenolic OH excluding ortho intramolecular Hbond substituents is 1. The number of aromatic nitrogens is 3. The van der Waals surface area contributed by atoms with Gasteiger partial charge in [-0.05, 0) is 69.0 Å². The van der Waals surface area contributed by atoms with Gasteiger partial charge >= 0.3 is 6.03 Å². The molecule has 0 bridgehead atoms. The number of urea groups is 1. The molecule has 56 heavy (non-hydrogen) atoms. The van der Waals surface area contributed by atoms with Gasteiger partial charge in [-0.2, -0.15) is 0 Å². The molecule has 3 unspecified atom stereocenters. The zero-order valence-electron chi connectivity index (χ0n) is 30.4. The van der Waals surface area contributed by atoms with Crippen molar-refractivity contribution < 1.29 is 28.6 Å². The Hall–Kier alpha value is -6.22. The Bertz CT molecular complexity index is 2420. The molecule has 5 heterocycles. The smallest absolute Gasteiger partial charge is 0.438 e. The summed E-state index contributed by atoms with van der Waals surface area (Å²) in [4.78, 5) is 56.1. The Kier molecular flexibility index (Phi) is 10.2. The Labute approximate surface area is 331 Å². The van der Waals surface area contributed by atoms with E-state index in [1.54, 1.807) is 76.7 Å². The van der Waals surface area contributed by atoms with Gasteiger partial charge in [0.15, 0.2) is 5.76 Å². The van der Waals surface area contributed by atoms with Crippen LogP contribution in [0.1, 0.15) is 22.5 Å². The number of fused-ring (bicyclic) bond motifs is 2. The van der Waals surface area contributed by atoms with Crippen LogP contribution in [0.15, 0.2) is 131 Å². The lowest BCUT2D eigenvalue weighted by Crippen LogP contribution is -2.82. The van der Waals surface area contributed by atoms with Crippen molar-refractivity contribution in [2.24, 2.45) is 0 Å². The van der Waals surface area contributed by atoms with Crippen LogP contribution in [0.3, 0.4) is 0 Å². The number of carbonyl (C=O) groups is 3. The van der Waals surface area contributed by atoms with Crippen molar-refractivity contribution in [1.82, 2.24) is 35.3 Å². The van der Waals surface area contributed by atoms with Gasteiger partial charge in [-0.15, -0.1) is 9.60 Å². The van der Waals surface area contributed by atoms with E-state index in [4.69, 9.17) is 4.52 Å². The average Bonchev–Trinajstić information content (AvgIpc) is 3.69. The van der Waals surface area contributed by atoms with E-state index < -0.39 is 16.8 Å². The zero-order chi connectivity index (χ0) is 38.8. The summed E-state index contributed by atoms with van der Waals surface area (Å²) in [5.41, 5.74) is 4.44. The Balaban J connectivity index is 1.19. The van der Waals surface area contributed by atoms with E-state index in [0.717, 1.165) is 32.1 Å². The highest BCUT2D eigenvalue weighted by atomic mass is 79.9. The highest BCUT2D eigenvalue weighted by molar-refractivity contribution is 9.10. The average molecular weight is 815 g/mol. The van der Waals surface area contributed by atoms with Crippen molar-refractivity contribution in [3.05, 3.63) is 149 Å². The number of rotatable bonds is 9. The fourth-order valence-corrected chi connectivity index (χ4v) is 7.63. The fourth-order valence-electron chi connectivity index (χ4n) is 7.39. The molecule has 6 aromatic rings. The minimum Gasteiger partial charge on any atom is -0.508 e. The number of likely N-dealkylation sites (N-methyl/N-ethyl adjacent to an activating group) is 1. The molecule has 2 fully saturated rings. The first-order valence-corrected chi connectivity index (χ1v) is 18.9. The summed E-state index contributed by atoms with van der Waals surface area (Å²) in [6.45, 7) is 0.401. The predicted octanol–water partition coefficient (Wildman–Crippen LogP) is 6.12. The molecular formula is C42H38BrN8O5+. The van der Waals surface area contributed by atoms with E-state index in [1.165, 1.54) is 0 Å². The van der Waals surface area contributed by atoms with E-state index in [2.05, 4.69) is 36.4 Å². The molecule has 282 valence electrons. The number of hydrogen-bond donors (Lipinski definition) is 2. The second kappa shape index (κ2) is 15.5. The number of phenols is 1. The van der Waals surface area contributed by atoms with Crippen LogP contribution in [0.25, 0.3) is 28.4 Å². The molecule has 13 nitrogen and oxygen atoms in total. The summed E-state index contributed by atoms with van der Waals surface area (Å²) in [6, 6.07) is 29.8. The Morgan fingerprint density at radius 3 is 2.57 bits per heavy atom. The number of aromatic hydroxyl groups is 1. The molecule has 2 N–H and O–H groups in total. The topological polar surface area (TPSA) is 145 Å². The first-order chi connectivity index (χ1) is 27.2. The number of carbonyl (C=O) groups excluding carboxylic acids is 3. The number of nitrogens with one attached hydrogen (secondary N) is 1. The maximum absolute atomic E-state index is 14.8. The summed E-state index contributed by atoms with van der Waals surface area (Å²) < 4.78 is 6.22. The first kappa shape index (κ1) is 36.7. The van der Waals surface area contributed by atoms with Crippen LogP contribution in [0, 0.1) is 0 Å². The molecular weight excluding hydrogens is 776 g/mol. The first-order valence-electron chi connectivity index (χ1n) is 18.1. The minimum absolute atomic E-state index is 0.0565. The summed E-state index contributed by atoms with van der Waals surface area (Å²) in [7, 11) is 1.77. The van der Waals surface area contributed by atoms with E-state index in [9.17, 15) is 19.5 Å². The van der Waals surface area contributed by atoms with Crippen LogP contribution in [-0.4, -0.2) is 89.8 Å². The van der Waals surface area contributed by atoms with Gasteiger partial charge in [-0.1, -0.05) is 78.0 Å². The van der Waals surface area contributed by atoms with Gasteiger partial charge in [-0.3, -0.25) is 29.8 Å². The number of piperazine rings is 1. The van der Waals surface area contributed by atoms with Crippen molar-refractivity contribution in [2.45, 2.75) is 31.8 Å². The molecule has 3 aromatic carbocycles. The molecule has 0 saturated carbocycles. The summed E-state index contributed by atoms with van der Waals surface area (Å²) in [5.74, 6) is -0.0582. The minimum atomic E-state index is -1.04. The van der Waals surface area contributed by atoms with Crippen molar-refractivity contribution in [3.8, 4) is 17.1 Å². The summed E-state index contributed by atoms with van der Waals surface area (Å²) in [5, 5.41) is 19.9. The molecule has 2 saturated heterocycles. The normalized spacial score (nSPS) is 20.1. The van der Waals surface area contributed by atoms with Crippen LogP contribution in [0.2, 0.25) is 0 Å². The SMILES string of the molecule is C[N+]1(C(=O)NCc2ccccc2)C2CN(Cc3cccc4ncccc34)C(=O)C(/C=C/c3ccc(O)cc3)N2C(=O)CN1Cc1cc(-c2ccc(Br)cn2)no1. The van der Waals surface area contributed by atoms with Crippen LogP contribution < -0.4 is 5.32 Å². The van der Waals surface area contributed by atoms with Crippen LogP contribution >= 0.6 is 15.9 Å². The predicted molar refractivity (Wildman–Crippen MR) is 211 cm³/mol. The number of pyridine rings is 2. The van der Waals surface area contributed by atoms with E-state index >= 15 is 0 Å². The van der Waals surface area contributed by atoms with Crippen molar-refractivity contribution >= 4 is 50.8 Å². The number of nitrogens with zero attached hydrogens (tertiary/aromatic N) is 7. The van der Waals surface area contributed by atoms with Gasteiger partial charge in [0.2, 0.25) is 18.0 Å². The molecule has 8 rings (SSSR count). The number of benzene rings is 3. The lowest BCUT2D eigenvalue weighted by atomic mass is 10.0. The number of quaternary nitrogens is 1. The highest BCUT2D eigenvalue weighted by Crippen LogP contribution is 2.35. The molecule has 2 aliphatic heterocycles. The van der Waals surface area contributed by atoms with Crippen LogP contribution in [-0.2, 0) is 29.2 Å². The molecule has 3 aromatic heterocycles. The molecule has 0 spiro atoms. The largest absolute Gasteiger partial charge is 0.508 e. The third-order valence-corrected chi connectivity index (χ3v) is 10.9. The van der Waals surface area contributed by atoms with E-state index in [-0.39, 0.29) is 56.3 Å². The van der Waals surface area contributed by atoms with E-state index in [1.807, 2.05) is 72.8 Å². The molecule has 0 aliphatic carbocycles. The zero-order valence-corrected chi connectivity index (χ0v) is 32.0. The number of halogens is 1. The Morgan fingerprint density at radius 1 is 0.964 bits per heavy atom. The van der Waals surface area contributed by atoms with Crippen LogP contribution in [0.4, 0.5) is 4.79 Å². The highest BCUT2D eigenvalue weighted by Gasteiger charge is 2.60. The molecule has 3 atom stereocenters. The van der Waals surface area contributed by atoms with Crippen molar-refractivity contribution in [1.29, 1.82) is 0 Å². The van der Waals surface area contributed by atoms with Gasteiger partial charge in [0, 0.05) is 41.4 Å². The van der Waals surface area contributed by atoms with Gasteiger partial charge in [0.05, 0.1) is 24.8 Å². The van der Waals surface area contributed by atoms with Crippen molar-refractivity contribution in [3.63, 3.8) is 0 Å². The lowest BCUT2D eigenvalue weighted by molar-refractivity contribution is -0.985. The van der Waals surface area contributed by atoms with Gasteiger partial charge in [-0.25, -0.2) is 4.79 Å². The number of amides is 4. The van der Waals surface area contributed by atoms with Gasteiger partial charge in [0.1, 0.15) is 30.6 Å². The summed E-state index contributed by atoms with van der Waals surface area (Å²) >= 11 is 3.41. The molecule has 14 heteroatoms. The van der Waals surface area contributed by atoms with Crippen molar-refractivity contribution in [2.75, 3.05) is 20.1 Å². The number of hydrogen-bond acceptors (Lipinski definition) is 9. The third kappa shape index (κ3) is 7.29. The standard InChI is InChI=1S/C42H37BrN8O5/c1-51(42(55)46-22-29-7-3-2-4-8-29)39-26-48(24-30-9-5-11-35-34(30)10-6-20-44-35)41(54)38(19-14-28-12-16-32(52)17-13-28)50(39)40(53)27-49(51)25-33-21-37(47-56-33)36-18-15-31(43)23-45-36/h2-21,23,38-39H,22,24-27H2,1H3,(H-,46,52,55)/p+1/b19-14+. The second-order valence-electron chi connectivity index (χ2n) is 13.9. The van der Waals surface area contributed by atoms with Gasteiger partial charge in [0.25, 0.3) is 0 Å². The maximum Gasteiger partial charge on any atom is 0.438 e. The van der Waals surface area contributed by atoms with Crippen LogP contribution in [0.5, 0.6) is 5.75 Å². The second-order valence-corrected chi connectivity index (χ2v) is 14.8. The fraction of sp³-hybridized carbons (Fsp3) is 0.190. The van der Waals surface area contributed by atoms with E-state index in [0.29, 0.717) is 17.1 Å². The molecule has 4 amide bonds. The quantitative estimate of drug-likeness (QED) is 0.165. The lowest BCUT2D eigenvalue weighted by Gasteiger charge is -2.56. The summed E-state index contributed by atoms with van der Waals surface area (Å²) in [6.07, 6.45) is 6.02. The third-order valence-electron chi connectivity index (χ3n) is 10.4. The molecule has 2 aliphatic rings. The molecule has 0 radical (unpaired) electrons. The monoisotopic (exact) mass is 813 g/mol. The maximum atomic E-state index is 14.8. The van der Waals surface area contributed by atoms with Gasteiger partial charge < -0.3 is 14.5 Å².